The molecule has 0 aromatic heterocycles. The van der Waals surface area contributed by atoms with Gasteiger partial charge in [0.1, 0.15) is 0 Å². The van der Waals surface area contributed by atoms with Crippen molar-refractivity contribution in [1.82, 2.24) is 0 Å². The molecule has 0 heterocycles. The lowest BCUT2D eigenvalue weighted by Gasteiger charge is -2.22. The molecule has 0 saturated heterocycles. The van der Waals surface area contributed by atoms with Crippen LogP contribution in [-0.2, 0) is 4.79 Å². The molecule has 0 atom stereocenters. The van der Waals surface area contributed by atoms with E-state index in [1.807, 2.05) is 0 Å². The van der Waals surface area contributed by atoms with Crippen molar-refractivity contribution in [2.75, 3.05) is 0 Å². The fourth-order valence-electron chi connectivity index (χ4n) is 0.103. The van der Waals surface area contributed by atoms with Gasteiger partial charge in [0.15, 0.2) is 10.6 Å². The van der Waals surface area contributed by atoms with Gasteiger partial charge in [0.05, 0.1) is 0 Å². The first-order valence-electron chi connectivity index (χ1n) is 2.03. The zero-order chi connectivity index (χ0) is 7.71. The molecule has 0 unspecified atom stereocenters. The number of aldehydes is 1. The summed E-state index contributed by atoms with van der Waals surface area (Å²) in [4.78, 5) is 10.0. The molecule has 0 bridgehead atoms. The van der Waals surface area contributed by atoms with E-state index in [2.05, 4.69) is 0 Å². The maximum absolute atomic E-state index is 10.0. The molecular weight excluding hydrogens is 206 g/mol. The van der Waals surface area contributed by atoms with E-state index in [0.717, 1.165) is 0 Å². The van der Waals surface area contributed by atoms with Crippen LogP contribution in [0.25, 0.3) is 0 Å². The molecule has 9 heavy (non-hydrogen) atoms. The predicted octanol–water partition coefficient (Wildman–Crippen LogP) is 2.55. The van der Waals surface area contributed by atoms with Gasteiger partial charge in [-0.1, -0.05) is 46.4 Å². The lowest BCUT2D eigenvalue weighted by atomic mass is 10.3. The topological polar surface area (TPSA) is 17.1 Å². The fraction of sp³-hybridized carbons (Fsp3) is 0.750. The number of hydrogen-bond donors (Lipinski definition) is 0. The van der Waals surface area contributed by atoms with Gasteiger partial charge in [-0.2, -0.15) is 0 Å². The lowest BCUT2D eigenvalue weighted by molar-refractivity contribution is -0.108. The third-order valence-electron chi connectivity index (χ3n) is 0.733. The molecule has 0 aliphatic rings. The van der Waals surface area contributed by atoms with Gasteiger partial charge in [-0.15, -0.1) is 0 Å². The van der Waals surface area contributed by atoms with Crippen molar-refractivity contribution in [3.63, 3.8) is 0 Å². The van der Waals surface area contributed by atoms with Crippen molar-refractivity contribution in [2.24, 2.45) is 0 Å². The zero-order valence-electron chi connectivity index (χ0n) is 4.50. The van der Waals surface area contributed by atoms with Crippen molar-refractivity contribution >= 4 is 52.7 Å². The summed E-state index contributed by atoms with van der Waals surface area (Å²) in [7, 11) is 0. The Morgan fingerprint density at radius 2 is 1.56 bits per heavy atom. The smallest absolute Gasteiger partial charge is 0.205 e. The Morgan fingerprint density at radius 3 is 1.56 bits per heavy atom. The second kappa shape index (κ2) is 2.83. The minimum absolute atomic E-state index is 0.288. The summed E-state index contributed by atoms with van der Waals surface area (Å²) >= 11 is 21.5. The van der Waals surface area contributed by atoms with E-state index in [-0.39, 0.29) is 6.29 Å². The fourth-order valence-corrected chi connectivity index (χ4v) is 0.193. The minimum Gasteiger partial charge on any atom is -0.300 e. The van der Waals surface area contributed by atoms with Gasteiger partial charge in [-0.25, -0.2) is 0 Å². The van der Waals surface area contributed by atoms with Crippen LogP contribution < -0.4 is 0 Å². The van der Waals surface area contributed by atoms with Crippen molar-refractivity contribution in [3.05, 3.63) is 0 Å². The summed E-state index contributed by atoms with van der Waals surface area (Å²) in [5.41, 5.74) is 0. The molecule has 0 rings (SSSR count). The Balaban J connectivity index is 4.32. The van der Waals surface area contributed by atoms with Crippen LogP contribution in [0.2, 0.25) is 0 Å². The normalized spacial score (nSPS) is 13.4. The van der Waals surface area contributed by atoms with Crippen molar-refractivity contribution < 1.29 is 4.79 Å². The monoisotopic (exact) mass is 208 g/mol. The van der Waals surface area contributed by atoms with E-state index < -0.39 is 8.67 Å². The van der Waals surface area contributed by atoms with Crippen LogP contribution in [0.4, 0.5) is 0 Å². The highest BCUT2D eigenvalue weighted by Crippen LogP contribution is 2.40. The Bertz CT molecular complexity index is 114. The molecule has 0 spiro atoms. The highest BCUT2D eigenvalue weighted by molar-refractivity contribution is 6.67. The first-order chi connectivity index (χ1) is 3.81. The Hall–Kier alpha value is 0.830. The average molecular weight is 210 g/mol. The van der Waals surface area contributed by atoms with Crippen LogP contribution in [0, 0.1) is 0 Å². The first kappa shape index (κ1) is 9.83. The predicted molar refractivity (Wildman–Crippen MR) is 40.6 cm³/mol. The molecule has 0 amide bonds. The number of rotatable bonds is 2. The second-order valence-corrected chi connectivity index (χ2v) is 4.72. The summed E-state index contributed by atoms with van der Waals surface area (Å²) in [6.45, 7) is 1.34. The summed E-state index contributed by atoms with van der Waals surface area (Å²) in [6, 6.07) is 0. The Kier molecular flexibility index (Phi) is 3.09. The molecular formula is C4H4Cl4O. The van der Waals surface area contributed by atoms with Gasteiger partial charge < -0.3 is 0 Å². The molecule has 0 aromatic carbocycles. The van der Waals surface area contributed by atoms with Crippen LogP contribution >= 0.6 is 46.4 Å². The van der Waals surface area contributed by atoms with Crippen LogP contribution in [0.5, 0.6) is 0 Å². The molecule has 0 aliphatic carbocycles. The largest absolute Gasteiger partial charge is 0.300 e. The van der Waals surface area contributed by atoms with Gasteiger partial charge >= 0.3 is 0 Å². The summed E-state index contributed by atoms with van der Waals surface area (Å²) in [5, 5.41) is 0. The molecule has 0 N–H and O–H groups in total. The average Bonchev–Trinajstić information content (AvgIpc) is 1.64. The van der Waals surface area contributed by atoms with E-state index >= 15 is 0 Å². The SMILES string of the molecule is CC(Cl)(Cl)C(Cl)(Cl)C=O. The lowest BCUT2D eigenvalue weighted by Crippen LogP contribution is -2.34. The third-order valence-corrected chi connectivity index (χ3v) is 2.65. The minimum atomic E-state index is -1.73. The highest BCUT2D eigenvalue weighted by atomic mass is 35.5. The molecule has 0 aromatic rings. The van der Waals surface area contributed by atoms with Crippen LogP contribution in [-0.4, -0.2) is 15.0 Å². The van der Waals surface area contributed by atoms with E-state index in [0.29, 0.717) is 0 Å². The number of carbonyl (C=O) groups excluding carboxylic acids is 1. The van der Waals surface area contributed by atoms with E-state index in [1.54, 1.807) is 0 Å². The van der Waals surface area contributed by atoms with Crippen molar-refractivity contribution in [1.29, 1.82) is 0 Å². The Labute approximate surface area is 73.2 Å². The quantitative estimate of drug-likeness (QED) is 0.505. The third kappa shape index (κ3) is 2.50. The molecule has 0 radical (unpaired) electrons. The number of halogens is 4. The van der Waals surface area contributed by atoms with Gasteiger partial charge in [-0.05, 0) is 6.92 Å². The van der Waals surface area contributed by atoms with Gasteiger partial charge in [0.2, 0.25) is 4.33 Å². The molecule has 1 nitrogen and oxygen atoms in total. The number of carbonyl (C=O) groups is 1. The highest BCUT2D eigenvalue weighted by Gasteiger charge is 2.42. The standard InChI is InChI=1S/C4H4Cl4O/c1-3(5,6)4(7,8)2-9/h2H,1H3. The maximum atomic E-state index is 10.0. The molecule has 54 valence electrons. The van der Waals surface area contributed by atoms with E-state index in [9.17, 15) is 4.79 Å². The van der Waals surface area contributed by atoms with Crippen molar-refractivity contribution in [2.45, 2.75) is 15.6 Å². The van der Waals surface area contributed by atoms with Crippen LogP contribution in [0.3, 0.4) is 0 Å². The van der Waals surface area contributed by atoms with Gasteiger partial charge in [-0.3, -0.25) is 4.79 Å². The summed E-state index contributed by atoms with van der Waals surface area (Å²) in [6.07, 6.45) is 0.288. The van der Waals surface area contributed by atoms with Gasteiger partial charge in [0.25, 0.3) is 0 Å². The first-order valence-corrected chi connectivity index (χ1v) is 3.54. The summed E-state index contributed by atoms with van der Waals surface area (Å²) < 4.78 is -3.17. The summed E-state index contributed by atoms with van der Waals surface area (Å²) in [5.74, 6) is 0. The van der Waals surface area contributed by atoms with E-state index in [1.165, 1.54) is 6.92 Å². The number of alkyl halides is 4. The maximum Gasteiger partial charge on any atom is 0.205 e. The molecule has 0 saturated carbocycles. The number of hydrogen-bond acceptors (Lipinski definition) is 1. The molecule has 0 fully saturated rings. The molecule has 5 heteroatoms. The van der Waals surface area contributed by atoms with Crippen molar-refractivity contribution in [3.8, 4) is 0 Å². The van der Waals surface area contributed by atoms with E-state index in [4.69, 9.17) is 46.4 Å². The van der Waals surface area contributed by atoms with Crippen LogP contribution in [0.1, 0.15) is 6.92 Å². The zero-order valence-corrected chi connectivity index (χ0v) is 7.52. The molecule has 0 aliphatic heterocycles. The Morgan fingerprint density at radius 1 is 1.22 bits per heavy atom. The van der Waals surface area contributed by atoms with Gasteiger partial charge in [0, 0.05) is 0 Å². The van der Waals surface area contributed by atoms with Crippen LogP contribution in [0.15, 0.2) is 0 Å². The second-order valence-electron chi connectivity index (χ2n) is 1.63.